The van der Waals surface area contributed by atoms with Crippen molar-refractivity contribution in [3.05, 3.63) is 28.5 Å². The molecule has 1 aromatic carbocycles. The lowest BCUT2D eigenvalue weighted by molar-refractivity contribution is 0.239. The third-order valence-electron chi connectivity index (χ3n) is 2.41. The van der Waals surface area contributed by atoms with Gasteiger partial charge in [0.05, 0.1) is 23.7 Å². The fourth-order valence-corrected chi connectivity index (χ4v) is 1.83. The highest BCUT2D eigenvalue weighted by atomic mass is 79.9. The summed E-state index contributed by atoms with van der Waals surface area (Å²) in [6, 6.07) is 3.86. The van der Waals surface area contributed by atoms with Gasteiger partial charge >= 0.3 is 6.03 Å². The van der Waals surface area contributed by atoms with Gasteiger partial charge in [-0.2, -0.15) is 0 Å². The van der Waals surface area contributed by atoms with Crippen molar-refractivity contribution in [2.45, 2.75) is 6.04 Å². The fourth-order valence-electron chi connectivity index (χ4n) is 1.58. The highest BCUT2D eigenvalue weighted by Crippen LogP contribution is 2.24. The van der Waals surface area contributed by atoms with Crippen LogP contribution in [0.5, 0.6) is 0 Å². The van der Waals surface area contributed by atoms with Crippen LogP contribution >= 0.6 is 15.9 Å². The Morgan fingerprint density at radius 1 is 1.62 bits per heavy atom. The van der Waals surface area contributed by atoms with Gasteiger partial charge in [0.1, 0.15) is 5.82 Å². The van der Waals surface area contributed by atoms with Crippen molar-refractivity contribution in [3.8, 4) is 0 Å². The number of hydrogen-bond acceptors (Lipinski definition) is 2. The summed E-state index contributed by atoms with van der Waals surface area (Å²) in [6.07, 6.45) is 0. The molecule has 86 valence electrons. The maximum atomic E-state index is 13.3. The zero-order chi connectivity index (χ0) is 11.7. The highest BCUT2D eigenvalue weighted by Gasteiger charge is 2.29. The molecule has 0 spiro atoms. The van der Waals surface area contributed by atoms with Crippen molar-refractivity contribution in [1.82, 2.24) is 5.32 Å². The SMILES string of the molecule is O=C1NC(CO)CN1c1ccc(Br)c(F)c1. The van der Waals surface area contributed by atoms with E-state index in [1.807, 2.05) is 0 Å². The van der Waals surface area contributed by atoms with E-state index in [1.165, 1.54) is 11.0 Å². The van der Waals surface area contributed by atoms with E-state index in [0.717, 1.165) is 0 Å². The number of halogens is 2. The Morgan fingerprint density at radius 3 is 2.94 bits per heavy atom. The number of rotatable bonds is 2. The van der Waals surface area contributed by atoms with Crippen molar-refractivity contribution in [3.63, 3.8) is 0 Å². The van der Waals surface area contributed by atoms with Gasteiger partial charge < -0.3 is 10.4 Å². The summed E-state index contributed by atoms with van der Waals surface area (Å²) >= 11 is 3.04. The minimum absolute atomic E-state index is 0.124. The smallest absolute Gasteiger partial charge is 0.322 e. The number of nitrogens with zero attached hydrogens (tertiary/aromatic N) is 1. The molecule has 1 aliphatic rings. The molecule has 2 N–H and O–H groups in total. The molecule has 1 aliphatic heterocycles. The average Bonchev–Trinajstić information content (AvgIpc) is 2.64. The lowest BCUT2D eigenvalue weighted by Gasteiger charge is -2.14. The maximum absolute atomic E-state index is 13.3. The topological polar surface area (TPSA) is 52.6 Å². The molecule has 4 nitrogen and oxygen atoms in total. The molecule has 1 saturated heterocycles. The number of urea groups is 1. The molecule has 16 heavy (non-hydrogen) atoms. The third kappa shape index (κ3) is 2.03. The number of amides is 2. The fraction of sp³-hybridized carbons (Fsp3) is 0.300. The van der Waals surface area contributed by atoms with E-state index in [-0.39, 0.29) is 18.7 Å². The largest absolute Gasteiger partial charge is 0.394 e. The van der Waals surface area contributed by atoms with Crippen LogP contribution in [0.3, 0.4) is 0 Å². The van der Waals surface area contributed by atoms with Gasteiger partial charge in [0, 0.05) is 5.69 Å². The van der Waals surface area contributed by atoms with Crippen LogP contribution in [0.4, 0.5) is 14.9 Å². The summed E-state index contributed by atoms with van der Waals surface area (Å²) in [7, 11) is 0. The van der Waals surface area contributed by atoms with E-state index in [2.05, 4.69) is 21.2 Å². The molecular formula is C10H10BrFN2O2. The highest BCUT2D eigenvalue weighted by molar-refractivity contribution is 9.10. The monoisotopic (exact) mass is 288 g/mol. The van der Waals surface area contributed by atoms with E-state index in [9.17, 15) is 9.18 Å². The van der Waals surface area contributed by atoms with Gasteiger partial charge in [-0.3, -0.25) is 4.90 Å². The van der Waals surface area contributed by atoms with Crippen LogP contribution in [-0.2, 0) is 0 Å². The standard InChI is InChI=1S/C10H10BrFN2O2/c11-8-2-1-7(3-9(8)12)14-4-6(5-15)13-10(14)16/h1-3,6,15H,4-5H2,(H,13,16). The van der Waals surface area contributed by atoms with Gasteiger partial charge in [-0.15, -0.1) is 0 Å². The predicted octanol–water partition coefficient (Wildman–Crippen LogP) is 1.48. The minimum Gasteiger partial charge on any atom is -0.394 e. The van der Waals surface area contributed by atoms with Gasteiger partial charge in [0.2, 0.25) is 0 Å². The summed E-state index contributed by atoms with van der Waals surface area (Å²) in [5.74, 6) is -0.419. The Bertz CT molecular complexity index is 427. The van der Waals surface area contributed by atoms with Crippen molar-refractivity contribution in [2.24, 2.45) is 0 Å². The Kier molecular flexibility index (Phi) is 3.11. The number of carbonyl (C=O) groups is 1. The lowest BCUT2D eigenvalue weighted by atomic mass is 10.2. The first-order valence-corrected chi connectivity index (χ1v) is 5.55. The van der Waals surface area contributed by atoms with Crippen LogP contribution in [0.1, 0.15) is 0 Å². The molecule has 0 saturated carbocycles. The molecular weight excluding hydrogens is 279 g/mol. The summed E-state index contributed by atoms with van der Waals surface area (Å²) in [4.78, 5) is 12.9. The van der Waals surface area contributed by atoms with E-state index in [4.69, 9.17) is 5.11 Å². The minimum atomic E-state index is -0.419. The average molecular weight is 289 g/mol. The Labute approximate surface area is 100 Å². The van der Waals surface area contributed by atoms with Crippen molar-refractivity contribution >= 4 is 27.6 Å². The summed E-state index contributed by atoms with van der Waals surface area (Å²) in [6.45, 7) is 0.220. The predicted molar refractivity (Wildman–Crippen MR) is 60.9 cm³/mol. The molecule has 1 atom stereocenters. The van der Waals surface area contributed by atoms with Crippen LogP contribution in [0, 0.1) is 5.82 Å². The molecule has 2 rings (SSSR count). The van der Waals surface area contributed by atoms with Crippen LogP contribution in [0.15, 0.2) is 22.7 Å². The van der Waals surface area contributed by atoms with Gasteiger partial charge in [0.25, 0.3) is 0 Å². The number of hydrogen-bond donors (Lipinski definition) is 2. The zero-order valence-corrected chi connectivity index (χ0v) is 9.87. The molecule has 1 fully saturated rings. The molecule has 0 radical (unpaired) electrons. The Morgan fingerprint density at radius 2 is 2.38 bits per heavy atom. The second-order valence-electron chi connectivity index (χ2n) is 3.54. The first kappa shape index (κ1) is 11.3. The molecule has 2 amide bonds. The number of aliphatic hydroxyl groups is 1. The van der Waals surface area contributed by atoms with Gasteiger partial charge in [0.15, 0.2) is 0 Å². The molecule has 1 unspecified atom stereocenters. The van der Waals surface area contributed by atoms with Crippen molar-refractivity contribution in [2.75, 3.05) is 18.1 Å². The zero-order valence-electron chi connectivity index (χ0n) is 8.28. The molecule has 6 heteroatoms. The number of benzene rings is 1. The van der Waals surface area contributed by atoms with Crippen LogP contribution < -0.4 is 10.2 Å². The molecule has 0 bridgehead atoms. The molecule has 1 heterocycles. The van der Waals surface area contributed by atoms with Gasteiger partial charge in [-0.05, 0) is 34.1 Å². The number of nitrogens with one attached hydrogen (secondary N) is 1. The Balaban J connectivity index is 2.24. The second kappa shape index (κ2) is 4.39. The van der Waals surface area contributed by atoms with Crippen LogP contribution in [-0.4, -0.2) is 30.3 Å². The summed E-state index contributed by atoms with van der Waals surface area (Å²) in [5.41, 5.74) is 0.481. The van der Waals surface area contributed by atoms with E-state index in [1.54, 1.807) is 12.1 Å². The quantitative estimate of drug-likeness (QED) is 0.866. The second-order valence-corrected chi connectivity index (χ2v) is 4.39. The van der Waals surface area contributed by atoms with Gasteiger partial charge in [-0.25, -0.2) is 9.18 Å². The molecule has 0 aromatic heterocycles. The first-order chi connectivity index (χ1) is 7.61. The van der Waals surface area contributed by atoms with Gasteiger partial charge in [-0.1, -0.05) is 0 Å². The van der Waals surface area contributed by atoms with E-state index >= 15 is 0 Å². The van der Waals surface area contributed by atoms with E-state index < -0.39 is 5.82 Å². The maximum Gasteiger partial charge on any atom is 0.322 e. The third-order valence-corrected chi connectivity index (χ3v) is 3.05. The molecule has 0 aliphatic carbocycles. The number of carbonyl (C=O) groups excluding carboxylic acids is 1. The Hall–Kier alpha value is -1.14. The van der Waals surface area contributed by atoms with Crippen LogP contribution in [0.25, 0.3) is 0 Å². The normalized spacial score (nSPS) is 20.1. The van der Waals surface area contributed by atoms with Crippen molar-refractivity contribution in [1.29, 1.82) is 0 Å². The number of anilines is 1. The summed E-state index contributed by atoms with van der Waals surface area (Å²) < 4.78 is 13.6. The van der Waals surface area contributed by atoms with E-state index in [0.29, 0.717) is 16.7 Å². The first-order valence-electron chi connectivity index (χ1n) is 4.75. The lowest BCUT2D eigenvalue weighted by Crippen LogP contribution is -2.30. The molecule has 1 aromatic rings. The van der Waals surface area contributed by atoms with Crippen molar-refractivity contribution < 1.29 is 14.3 Å². The summed E-state index contributed by atoms with van der Waals surface area (Å²) in [5, 5.41) is 11.5. The van der Waals surface area contributed by atoms with Crippen LogP contribution in [0.2, 0.25) is 0 Å². The number of aliphatic hydroxyl groups excluding tert-OH is 1.